The Labute approximate surface area is 84.1 Å². The smallest absolute Gasteiger partial charge is 0.144 e. The summed E-state index contributed by atoms with van der Waals surface area (Å²) >= 11 is 0. The van der Waals surface area contributed by atoms with E-state index in [9.17, 15) is 0 Å². The van der Waals surface area contributed by atoms with Crippen LogP contribution in [0.4, 0.5) is 5.82 Å². The minimum Gasteiger partial charge on any atom is -0.365 e. The van der Waals surface area contributed by atoms with Crippen molar-refractivity contribution in [1.29, 1.82) is 0 Å². The molecule has 0 radical (unpaired) electrons. The van der Waals surface area contributed by atoms with E-state index in [0.29, 0.717) is 6.04 Å². The Morgan fingerprint density at radius 2 is 2.50 bits per heavy atom. The largest absolute Gasteiger partial charge is 0.365 e. The summed E-state index contributed by atoms with van der Waals surface area (Å²) in [4.78, 5) is 2.45. The van der Waals surface area contributed by atoms with E-state index in [2.05, 4.69) is 27.5 Å². The highest BCUT2D eigenvalue weighted by molar-refractivity contribution is 5.32. The molecule has 0 aliphatic carbocycles. The first-order chi connectivity index (χ1) is 6.79. The second kappa shape index (κ2) is 3.96. The first-order valence-electron chi connectivity index (χ1n) is 5.13. The predicted octanol–water partition coefficient (Wildman–Crippen LogP) is 0.321. The van der Waals surface area contributed by atoms with Crippen LogP contribution in [0.5, 0.6) is 0 Å². The van der Waals surface area contributed by atoms with Gasteiger partial charge in [-0.2, -0.15) is 0 Å². The van der Waals surface area contributed by atoms with Crippen molar-refractivity contribution >= 4 is 5.82 Å². The van der Waals surface area contributed by atoms with E-state index in [4.69, 9.17) is 0 Å². The molecule has 1 aromatic rings. The summed E-state index contributed by atoms with van der Waals surface area (Å²) in [5, 5.41) is 11.2. The Kier molecular flexibility index (Phi) is 2.67. The Hall–Kier alpha value is -1.10. The first kappa shape index (κ1) is 9.45. The van der Waals surface area contributed by atoms with Gasteiger partial charge >= 0.3 is 0 Å². The second-order valence-electron chi connectivity index (χ2n) is 3.77. The molecule has 2 rings (SSSR count). The van der Waals surface area contributed by atoms with E-state index in [1.807, 2.05) is 7.05 Å². The third-order valence-electron chi connectivity index (χ3n) is 2.79. The van der Waals surface area contributed by atoms with Crippen LogP contribution in [-0.2, 0) is 7.05 Å². The Morgan fingerprint density at radius 3 is 3.07 bits per heavy atom. The van der Waals surface area contributed by atoms with Gasteiger partial charge in [-0.3, -0.25) is 0 Å². The van der Waals surface area contributed by atoms with Crippen molar-refractivity contribution in [1.82, 2.24) is 19.9 Å². The fourth-order valence-electron chi connectivity index (χ4n) is 1.87. The van der Waals surface area contributed by atoms with Crippen LogP contribution in [0, 0.1) is 0 Å². The van der Waals surface area contributed by atoms with Crippen LogP contribution in [0.15, 0.2) is 6.20 Å². The summed E-state index contributed by atoms with van der Waals surface area (Å²) in [6.45, 7) is 5.66. The van der Waals surface area contributed by atoms with Crippen LogP contribution in [0.25, 0.3) is 0 Å². The maximum Gasteiger partial charge on any atom is 0.144 e. The topological polar surface area (TPSA) is 46.0 Å². The zero-order valence-corrected chi connectivity index (χ0v) is 8.77. The number of aryl methyl sites for hydroxylation is 1. The van der Waals surface area contributed by atoms with Crippen molar-refractivity contribution in [3.8, 4) is 0 Å². The van der Waals surface area contributed by atoms with Crippen LogP contribution >= 0.6 is 0 Å². The van der Waals surface area contributed by atoms with E-state index < -0.39 is 0 Å². The quantitative estimate of drug-likeness (QED) is 0.754. The molecule has 1 saturated heterocycles. The molecule has 0 amide bonds. The molecular formula is C9H17N5. The lowest BCUT2D eigenvalue weighted by Gasteiger charge is -2.14. The van der Waals surface area contributed by atoms with E-state index in [1.165, 1.54) is 13.0 Å². The Bertz CT molecular complexity index is 295. The molecule has 0 spiro atoms. The van der Waals surface area contributed by atoms with Crippen LogP contribution in [0.2, 0.25) is 0 Å². The number of aromatic nitrogens is 3. The lowest BCUT2D eigenvalue weighted by atomic mass is 10.3. The van der Waals surface area contributed by atoms with Gasteiger partial charge in [-0.1, -0.05) is 12.1 Å². The standard InChI is InChI=1S/C9H17N5/c1-3-14-5-4-8(7-14)11-9-6-10-12-13(9)2/h6,8,11H,3-5,7H2,1-2H3. The minimum atomic E-state index is 0.548. The number of nitrogens with zero attached hydrogens (tertiary/aromatic N) is 4. The lowest BCUT2D eigenvalue weighted by molar-refractivity contribution is 0.355. The summed E-state index contributed by atoms with van der Waals surface area (Å²) in [7, 11) is 1.90. The summed E-state index contributed by atoms with van der Waals surface area (Å²) in [5.74, 6) is 1.01. The van der Waals surface area contributed by atoms with Crippen LogP contribution in [0.1, 0.15) is 13.3 Å². The molecule has 0 aromatic carbocycles. The first-order valence-corrected chi connectivity index (χ1v) is 5.13. The van der Waals surface area contributed by atoms with E-state index >= 15 is 0 Å². The maximum absolute atomic E-state index is 3.89. The van der Waals surface area contributed by atoms with Gasteiger partial charge in [0.2, 0.25) is 0 Å². The van der Waals surface area contributed by atoms with Crippen molar-refractivity contribution in [2.75, 3.05) is 25.0 Å². The average molecular weight is 195 g/mol. The molecule has 1 aromatic heterocycles. The highest BCUT2D eigenvalue weighted by Crippen LogP contribution is 2.13. The third-order valence-corrected chi connectivity index (χ3v) is 2.79. The van der Waals surface area contributed by atoms with Gasteiger partial charge in [0.1, 0.15) is 5.82 Å². The van der Waals surface area contributed by atoms with Gasteiger partial charge in [-0.15, -0.1) is 5.10 Å². The SMILES string of the molecule is CCN1CCC(Nc2cnnn2C)C1. The van der Waals surface area contributed by atoms with Gasteiger partial charge < -0.3 is 10.2 Å². The van der Waals surface area contributed by atoms with Crippen LogP contribution in [-0.4, -0.2) is 45.6 Å². The van der Waals surface area contributed by atoms with Crippen LogP contribution in [0.3, 0.4) is 0 Å². The minimum absolute atomic E-state index is 0.548. The lowest BCUT2D eigenvalue weighted by Crippen LogP contribution is -2.26. The molecule has 1 aliphatic heterocycles. The number of rotatable bonds is 3. The molecule has 1 N–H and O–H groups in total. The summed E-state index contributed by atoms with van der Waals surface area (Å²) in [5.41, 5.74) is 0. The van der Waals surface area contributed by atoms with E-state index in [-0.39, 0.29) is 0 Å². The zero-order chi connectivity index (χ0) is 9.97. The predicted molar refractivity (Wildman–Crippen MR) is 55.1 cm³/mol. The van der Waals surface area contributed by atoms with Gasteiger partial charge in [0.05, 0.1) is 6.20 Å². The van der Waals surface area contributed by atoms with Crippen molar-refractivity contribution in [2.45, 2.75) is 19.4 Å². The van der Waals surface area contributed by atoms with Crippen molar-refractivity contribution < 1.29 is 0 Å². The van der Waals surface area contributed by atoms with Gasteiger partial charge in [-0.05, 0) is 13.0 Å². The van der Waals surface area contributed by atoms with Gasteiger partial charge in [0.25, 0.3) is 0 Å². The summed E-state index contributed by atoms with van der Waals surface area (Å²) in [6, 6.07) is 0.548. The number of anilines is 1. The molecule has 1 unspecified atom stereocenters. The molecule has 0 saturated carbocycles. The van der Waals surface area contributed by atoms with Crippen molar-refractivity contribution in [2.24, 2.45) is 7.05 Å². The fraction of sp³-hybridized carbons (Fsp3) is 0.778. The second-order valence-corrected chi connectivity index (χ2v) is 3.77. The van der Waals surface area contributed by atoms with E-state index in [0.717, 1.165) is 18.9 Å². The molecule has 5 nitrogen and oxygen atoms in total. The van der Waals surface area contributed by atoms with Gasteiger partial charge in [0.15, 0.2) is 0 Å². The number of nitrogens with one attached hydrogen (secondary N) is 1. The molecule has 0 bridgehead atoms. The molecule has 2 heterocycles. The fourth-order valence-corrected chi connectivity index (χ4v) is 1.87. The number of hydrogen-bond donors (Lipinski definition) is 1. The molecule has 1 aliphatic rings. The molecule has 5 heteroatoms. The highest BCUT2D eigenvalue weighted by Gasteiger charge is 2.21. The highest BCUT2D eigenvalue weighted by atomic mass is 15.4. The summed E-state index contributed by atoms with van der Waals surface area (Å²) < 4.78 is 1.77. The maximum atomic E-state index is 3.89. The molecule has 78 valence electrons. The number of likely N-dealkylation sites (tertiary alicyclic amines) is 1. The normalized spacial score (nSPS) is 22.9. The monoisotopic (exact) mass is 195 g/mol. The number of hydrogen-bond acceptors (Lipinski definition) is 4. The molecule has 1 fully saturated rings. The van der Waals surface area contributed by atoms with Gasteiger partial charge in [0, 0.05) is 26.2 Å². The molecular weight excluding hydrogens is 178 g/mol. The summed E-state index contributed by atoms with van der Waals surface area (Å²) in [6.07, 6.45) is 2.98. The van der Waals surface area contributed by atoms with E-state index in [1.54, 1.807) is 10.9 Å². The van der Waals surface area contributed by atoms with Crippen LogP contribution < -0.4 is 5.32 Å². The molecule has 1 atom stereocenters. The average Bonchev–Trinajstić information content (AvgIpc) is 2.77. The third kappa shape index (κ3) is 1.87. The van der Waals surface area contributed by atoms with Gasteiger partial charge in [-0.25, -0.2) is 4.68 Å². The van der Waals surface area contributed by atoms with Crippen molar-refractivity contribution in [3.63, 3.8) is 0 Å². The Morgan fingerprint density at radius 1 is 1.64 bits per heavy atom. The molecule has 14 heavy (non-hydrogen) atoms. The number of likely N-dealkylation sites (N-methyl/N-ethyl adjacent to an activating group) is 1. The Balaban J connectivity index is 1.90. The zero-order valence-electron chi connectivity index (χ0n) is 8.77. The van der Waals surface area contributed by atoms with Crippen molar-refractivity contribution in [3.05, 3.63) is 6.20 Å².